The predicted octanol–water partition coefficient (Wildman–Crippen LogP) is 2.76. The fraction of sp³-hybridized carbons (Fsp3) is 0.143. The molecule has 0 saturated heterocycles. The van der Waals surface area contributed by atoms with Crippen molar-refractivity contribution in [3.8, 4) is 0 Å². The molecule has 1 N–H and O–H groups in total. The maximum Gasteiger partial charge on any atom is 0.295 e. The molecule has 0 spiro atoms. The van der Waals surface area contributed by atoms with Crippen LogP contribution in [0.15, 0.2) is 34.9 Å². The Kier molecular flexibility index (Phi) is 3.42. The Morgan fingerprint density at radius 1 is 1.29 bits per heavy atom. The van der Waals surface area contributed by atoms with Crippen LogP contribution in [0.2, 0.25) is 0 Å². The molecule has 0 radical (unpaired) electrons. The molecule has 0 fully saturated rings. The predicted molar refractivity (Wildman–Crippen MR) is 82.4 cm³/mol. The molecule has 6 nitrogen and oxygen atoms in total. The van der Waals surface area contributed by atoms with Crippen LogP contribution in [0.3, 0.4) is 0 Å². The summed E-state index contributed by atoms with van der Waals surface area (Å²) in [4.78, 5) is 20.5. The summed E-state index contributed by atoms with van der Waals surface area (Å²) >= 11 is 3.39. The van der Waals surface area contributed by atoms with E-state index in [0.717, 1.165) is 21.4 Å². The van der Waals surface area contributed by atoms with Gasteiger partial charge in [-0.15, -0.1) is 5.10 Å². The van der Waals surface area contributed by atoms with Crippen molar-refractivity contribution in [1.29, 1.82) is 0 Å². The lowest BCUT2D eigenvalue weighted by atomic mass is 10.2. The maximum atomic E-state index is 12.2. The molecular formula is C14H12BrN5O. The molecule has 0 saturated carbocycles. The van der Waals surface area contributed by atoms with Gasteiger partial charge in [0.15, 0.2) is 0 Å². The van der Waals surface area contributed by atoms with Gasteiger partial charge in [-0.2, -0.15) is 4.98 Å². The van der Waals surface area contributed by atoms with Gasteiger partial charge in [-0.25, -0.2) is 9.50 Å². The molecule has 1 amide bonds. The second-order valence-electron chi connectivity index (χ2n) is 4.65. The highest BCUT2D eigenvalue weighted by Crippen LogP contribution is 2.20. The number of rotatable bonds is 2. The van der Waals surface area contributed by atoms with Crippen LogP contribution in [0.1, 0.15) is 21.9 Å². The van der Waals surface area contributed by atoms with Crippen LogP contribution < -0.4 is 5.32 Å². The average Bonchev–Trinajstić information content (AvgIpc) is 2.87. The topological polar surface area (TPSA) is 72.2 Å². The fourth-order valence-electron chi connectivity index (χ4n) is 1.95. The number of aryl methyl sites for hydroxylation is 2. The lowest BCUT2D eigenvalue weighted by Crippen LogP contribution is -2.14. The van der Waals surface area contributed by atoms with Crippen LogP contribution in [-0.2, 0) is 0 Å². The van der Waals surface area contributed by atoms with Crippen molar-refractivity contribution in [2.45, 2.75) is 13.8 Å². The summed E-state index contributed by atoms with van der Waals surface area (Å²) in [6, 6.07) is 7.43. The highest BCUT2D eigenvalue weighted by atomic mass is 79.9. The van der Waals surface area contributed by atoms with E-state index in [1.54, 1.807) is 10.7 Å². The Bertz CT molecular complexity index is 842. The van der Waals surface area contributed by atoms with Gasteiger partial charge >= 0.3 is 0 Å². The lowest BCUT2D eigenvalue weighted by molar-refractivity contribution is 0.101. The summed E-state index contributed by atoms with van der Waals surface area (Å²) in [5, 5.41) is 6.99. The summed E-state index contributed by atoms with van der Waals surface area (Å²) in [6.45, 7) is 3.80. The third-order valence-corrected chi connectivity index (χ3v) is 3.56. The Morgan fingerprint density at radius 2 is 2.10 bits per heavy atom. The lowest BCUT2D eigenvalue weighted by Gasteiger charge is -2.06. The van der Waals surface area contributed by atoms with Crippen molar-refractivity contribution in [3.63, 3.8) is 0 Å². The van der Waals surface area contributed by atoms with E-state index >= 15 is 0 Å². The van der Waals surface area contributed by atoms with Crippen LogP contribution in [0.4, 0.5) is 5.69 Å². The number of amides is 1. The van der Waals surface area contributed by atoms with Gasteiger partial charge < -0.3 is 5.32 Å². The molecule has 0 atom stereocenters. The molecule has 1 aromatic carbocycles. The van der Waals surface area contributed by atoms with Gasteiger partial charge in [0.1, 0.15) is 0 Å². The number of anilines is 1. The first-order valence-corrected chi connectivity index (χ1v) is 7.10. The molecule has 3 rings (SSSR count). The van der Waals surface area contributed by atoms with E-state index in [1.807, 2.05) is 38.1 Å². The van der Waals surface area contributed by atoms with E-state index in [9.17, 15) is 4.79 Å². The quantitative estimate of drug-likeness (QED) is 0.775. The first kappa shape index (κ1) is 13.7. The molecule has 2 heterocycles. The van der Waals surface area contributed by atoms with E-state index in [2.05, 4.69) is 36.3 Å². The van der Waals surface area contributed by atoms with Gasteiger partial charge in [0.25, 0.3) is 11.7 Å². The van der Waals surface area contributed by atoms with E-state index in [-0.39, 0.29) is 11.7 Å². The number of nitrogens with zero attached hydrogens (tertiary/aromatic N) is 4. The largest absolute Gasteiger partial charge is 0.319 e. The van der Waals surface area contributed by atoms with Gasteiger partial charge in [0.05, 0.1) is 0 Å². The zero-order chi connectivity index (χ0) is 15.0. The summed E-state index contributed by atoms with van der Waals surface area (Å²) in [5.41, 5.74) is 2.55. The molecule has 3 aromatic rings. The average molecular weight is 346 g/mol. The van der Waals surface area contributed by atoms with Crippen molar-refractivity contribution in [2.24, 2.45) is 0 Å². The SMILES string of the molecule is Cc1cc(Br)ccc1NC(=O)c1nc2nccc(C)n2n1. The van der Waals surface area contributed by atoms with Crippen molar-refractivity contribution < 1.29 is 4.79 Å². The van der Waals surface area contributed by atoms with E-state index < -0.39 is 0 Å². The second kappa shape index (κ2) is 5.25. The van der Waals surface area contributed by atoms with Crippen molar-refractivity contribution in [1.82, 2.24) is 19.6 Å². The van der Waals surface area contributed by atoms with E-state index in [1.165, 1.54) is 0 Å². The van der Waals surface area contributed by atoms with Gasteiger partial charge in [-0.1, -0.05) is 15.9 Å². The molecule has 0 bridgehead atoms. The molecule has 0 aliphatic rings. The van der Waals surface area contributed by atoms with Crippen molar-refractivity contribution in [2.75, 3.05) is 5.32 Å². The minimum Gasteiger partial charge on any atom is -0.319 e. The monoisotopic (exact) mass is 345 g/mol. The standard InChI is InChI=1S/C14H12BrN5O/c1-8-7-10(15)3-4-11(8)17-13(21)12-18-14-16-6-5-9(2)20(14)19-12/h3-7H,1-2H3,(H,17,21). The first-order chi connectivity index (χ1) is 10.0. The van der Waals surface area contributed by atoms with E-state index in [4.69, 9.17) is 0 Å². The Morgan fingerprint density at radius 3 is 2.81 bits per heavy atom. The molecule has 21 heavy (non-hydrogen) atoms. The summed E-state index contributed by atoms with van der Waals surface area (Å²) < 4.78 is 2.51. The number of aromatic nitrogens is 4. The number of benzene rings is 1. The number of hydrogen-bond donors (Lipinski definition) is 1. The number of halogens is 1. The van der Waals surface area contributed by atoms with Gasteiger partial charge in [0, 0.05) is 22.1 Å². The van der Waals surface area contributed by atoms with Crippen molar-refractivity contribution in [3.05, 3.63) is 52.0 Å². The summed E-state index contributed by atoms with van der Waals surface area (Å²) in [6.07, 6.45) is 1.64. The number of nitrogens with one attached hydrogen (secondary N) is 1. The zero-order valence-corrected chi connectivity index (χ0v) is 13.0. The third-order valence-electron chi connectivity index (χ3n) is 3.07. The first-order valence-electron chi connectivity index (χ1n) is 6.30. The third kappa shape index (κ3) is 2.64. The summed E-state index contributed by atoms with van der Waals surface area (Å²) in [5.74, 6) is 0.150. The van der Waals surface area contributed by atoms with Gasteiger partial charge in [-0.3, -0.25) is 4.79 Å². The molecular weight excluding hydrogens is 334 g/mol. The zero-order valence-electron chi connectivity index (χ0n) is 11.5. The minimum absolute atomic E-state index is 0.0964. The highest BCUT2D eigenvalue weighted by molar-refractivity contribution is 9.10. The van der Waals surface area contributed by atoms with Crippen LogP contribution in [-0.4, -0.2) is 25.5 Å². The van der Waals surface area contributed by atoms with Crippen LogP contribution >= 0.6 is 15.9 Å². The van der Waals surface area contributed by atoms with Crippen molar-refractivity contribution >= 4 is 33.3 Å². The molecule has 106 valence electrons. The Hall–Kier alpha value is -2.28. The molecule has 2 aromatic heterocycles. The summed E-state index contributed by atoms with van der Waals surface area (Å²) in [7, 11) is 0. The molecule has 7 heteroatoms. The van der Waals surface area contributed by atoms with Crippen LogP contribution in [0, 0.1) is 13.8 Å². The second-order valence-corrected chi connectivity index (χ2v) is 5.56. The normalized spacial score (nSPS) is 10.8. The Balaban J connectivity index is 1.92. The smallest absolute Gasteiger partial charge is 0.295 e. The van der Waals surface area contributed by atoms with Crippen LogP contribution in [0.5, 0.6) is 0 Å². The molecule has 0 unspecified atom stereocenters. The number of carbonyl (C=O) groups excluding carboxylic acids is 1. The Labute approximate surface area is 129 Å². The molecule has 0 aliphatic carbocycles. The minimum atomic E-state index is -0.356. The van der Waals surface area contributed by atoms with Gasteiger partial charge in [-0.05, 0) is 43.7 Å². The number of carbonyl (C=O) groups is 1. The van der Waals surface area contributed by atoms with E-state index in [0.29, 0.717) is 5.78 Å². The maximum absolute atomic E-state index is 12.2. The van der Waals surface area contributed by atoms with Crippen LogP contribution in [0.25, 0.3) is 5.78 Å². The fourth-order valence-corrected chi connectivity index (χ4v) is 2.42. The number of fused-ring (bicyclic) bond motifs is 1. The van der Waals surface area contributed by atoms with Gasteiger partial charge in [0.2, 0.25) is 5.82 Å². The molecule has 0 aliphatic heterocycles. The number of hydrogen-bond acceptors (Lipinski definition) is 4. The highest BCUT2D eigenvalue weighted by Gasteiger charge is 2.15.